The highest BCUT2D eigenvalue weighted by Crippen LogP contribution is 2.26. The molecule has 0 aliphatic carbocycles. The van der Waals surface area contributed by atoms with Crippen molar-refractivity contribution in [3.63, 3.8) is 0 Å². The zero-order chi connectivity index (χ0) is 18.9. The van der Waals surface area contributed by atoms with Gasteiger partial charge in [-0.1, -0.05) is 11.6 Å². The van der Waals surface area contributed by atoms with E-state index >= 15 is 0 Å². The van der Waals surface area contributed by atoms with Gasteiger partial charge in [0, 0.05) is 17.8 Å². The van der Waals surface area contributed by atoms with Crippen molar-refractivity contribution in [2.45, 2.75) is 40.2 Å². The summed E-state index contributed by atoms with van der Waals surface area (Å²) in [6, 6.07) is 4.95. The van der Waals surface area contributed by atoms with Gasteiger partial charge >= 0.3 is 0 Å². The minimum absolute atomic E-state index is 0.230. The lowest BCUT2D eigenvalue weighted by Gasteiger charge is -2.21. The lowest BCUT2D eigenvalue weighted by Crippen LogP contribution is -2.25. The fourth-order valence-corrected chi connectivity index (χ4v) is 2.94. The van der Waals surface area contributed by atoms with Gasteiger partial charge in [0.2, 0.25) is 0 Å². The predicted molar refractivity (Wildman–Crippen MR) is 99.5 cm³/mol. The summed E-state index contributed by atoms with van der Waals surface area (Å²) in [7, 11) is 1.53. The molecule has 25 heavy (non-hydrogen) atoms. The second-order valence-corrected chi connectivity index (χ2v) is 7.37. The fourth-order valence-electron chi connectivity index (χ4n) is 2.66. The summed E-state index contributed by atoms with van der Waals surface area (Å²) in [5.41, 5.74) is 2.39. The zero-order valence-electron chi connectivity index (χ0n) is 15.3. The monoisotopic (exact) mass is 362 g/mol. The topological polar surface area (TPSA) is 76.0 Å². The van der Waals surface area contributed by atoms with Crippen LogP contribution in [-0.2, 0) is 5.54 Å². The smallest absolute Gasteiger partial charge is 0.276 e. The third-order valence-corrected chi connectivity index (χ3v) is 3.98. The number of amides is 2. The molecule has 1 aromatic heterocycles. The van der Waals surface area contributed by atoms with Crippen LogP contribution in [-0.4, -0.2) is 28.6 Å². The van der Waals surface area contributed by atoms with Gasteiger partial charge in [-0.15, -0.1) is 0 Å². The Bertz CT molecular complexity index is 834. The molecule has 0 saturated heterocycles. The Kier molecular flexibility index (Phi) is 5.23. The molecule has 2 N–H and O–H groups in total. The molecule has 0 radical (unpaired) electrons. The summed E-state index contributed by atoms with van der Waals surface area (Å²) >= 11 is 6.04. The van der Waals surface area contributed by atoms with Gasteiger partial charge in [0.15, 0.2) is 5.69 Å². The Balaban J connectivity index is 2.40. The molecule has 2 rings (SSSR count). The zero-order valence-corrected chi connectivity index (χ0v) is 16.1. The molecule has 2 amide bonds. The molecule has 6 nitrogen and oxygen atoms in total. The number of hydrogen-bond donors (Lipinski definition) is 2. The predicted octanol–water partition coefficient (Wildman–Crippen LogP) is 3.52. The number of carbonyl (C=O) groups is 2. The van der Waals surface area contributed by atoms with E-state index in [1.54, 1.807) is 23.7 Å². The van der Waals surface area contributed by atoms with Crippen LogP contribution in [0.25, 0.3) is 0 Å². The molecule has 1 heterocycles. The van der Waals surface area contributed by atoms with Crippen molar-refractivity contribution in [2.75, 3.05) is 12.4 Å². The van der Waals surface area contributed by atoms with E-state index in [-0.39, 0.29) is 17.4 Å². The molecular formula is C18H23ClN4O2. The van der Waals surface area contributed by atoms with Crippen molar-refractivity contribution >= 4 is 29.1 Å². The minimum atomic E-state index is -0.373. The van der Waals surface area contributed by atoms with Gasteiger partial charge in [-0.3, -0.25) is 14.3 Å². The largest absolute Gasteiger partial charge is 0.355 e. The van der Waals surface area contributed by atoms with Crippen molar-refractivity contribution in [3.8, 4) is 0 Å². The van der Waals surface area contributed by atoms with E-state index in [9.17, 15) is 9.59 Å². The van der Waals surface area contributed by atoms with Crippen LogP contribution >= 0.6 is 11.6 Å². The van der Waals surface area contributed by atoms with Crippen LogP contribution in [0.3, 0.4) is 0 Å². The maximum absolute atomic E-state index is 12.7. The summed E-state index contributed by atoms with van der Waals surface area (Å²) in [5, 5.41) is 10.2. The fraction of sp³-hybridized carbons (Fsp3) is 0.389. The Morgan fingerprint density at radius 3 is 2.28 bits per heavy atom. The first-order valence-corrected chi connectivity index (χ1v) is 8.33. The average Bonchev–Trinajstić information content (AvgIpc) is 2.91. The lowest BCUT2D eigenvalue weighted by atomic mass is 10.1. The van der Waals surface area contributed by atoms with Gasteiger partial charge in [-0.05, 0) is 58.4 Å². The van der Waals surface area contributed by atoms with Crippen molar-refractivity contribution < 1.29 is 9.59 Å². The third kappa shape index (κ3) is 4.02. The summed E-state index contributed by atoms with van der Waals surface area (Å²) in [6.07, 6.45) is 0. The highest BCUT2D eigenvalue weighted by molar-refractivity contribution is 6.31. The van der Waals surface area contributed by atoms with Crippen LogP contribution < -0.4 is 10.6 Å². The first kappa shape index (κ1) is 19.0. The number of nitrogens with zero attached hydrogens (tertiary/aromatic N) is 2. The van der Waals surface area contributed by atoms with Gasteiger partial charge in [0.05, 0.1) is 16.8 Å². The van der Waals surface area contributed by atoms with E-state index in [1.807, 2.05) is 27.7 Å². The summed E-state index contributed by atoms with van der Waals surface area (Å²) in [6.45, 7) is 9.73. The molecule has 0 spiro atoms. The van der Waals surface area contributed by atoms with E-state index < -0.39 is 0 Å². The van der Waals surface area contributed by atoms with Gasteiger partial charge < -0.3 is 10.6 Å². The molecule has 0 saturated carbocycles. The maximum atomic E-state index is 12.7. The number of rotatable bonds is 3. The Morgan fingerprint density at radius 2 is 1.76 bits per heavy atom. The molecule has 134 valence electrons. The number of halogens is 1. The lowest BCUT2D eigenvalue weighted by molar-refractivity contribution is 0.0964. The van der Waals surface area contributed by atoms with Crippen molar-refractivity contribution in [1.82, 2.24) is 15.1 Å². The molecule has 0 aliphatic heterocycles. The van der Waals surface area contributed by atoms with Crippen LogP contribution in [0.5, 0.6) is 0 Å². The molecule has 7 heteroatoms. The molecule has 1 aromatic carbocycles. The molecule has 0 aliphatic rings. The van der Waals surface area contributed by atoms with E-state index in [1.165, 1.54) is 13.1 Å². The molecule has 2 aromatic rings. The summed E-state index contributed by atoms with van der Waals surface area (Å²) in [4.78, 5) is 24.8. The first-order chi connectivity index (χ1) is 11.5. The Morgan fingerprint density at radius 1 is 1.12 bits per heavy atom. The molecule has 0 atom stereocenters. The highest BCUT2D eigenvalue weighted by atomic mass is 35.5. The van der Waals surface area contributed by atoms with Gasteiger partial charge in [-0.25, -0.2) is 0 Å². The van der Waals surface area contributed by atoms with Crippen LogP contribution in [0.15, 0.2) is 18.2 Å². The van der Waals surface area contributed by atoms with Gasteiger partial charge in [0.25, 0.3) is 11.8 Å². The summed E-state index contributed by atoms with van der Waals surface area (Å²) in [5.74, 6) is -0.695. The van der Waals surface area contributed by atoms with Crippen LogP contribution in [0.2, 0.25) is 5.02 Å². The molecular weight excluding hydrogens is 340 g/mol. The van der Waals surface area contributed by atoms with Crippen molar-refractivity contribution in [3.05, 3.63) is 45.7 Å². The normalized spacial score (nSPS) is 11.3. The maximum Gasteiger partial charge on any atom is 0.276 e. The second kappa shape index (κ2) is 6.88. The molecule has 0 bridgehead atoms. The summed E-state index contributed by atoms with van der Waals surface area (Å²) < 4.78 is 1.80. The first-order valence-electron chi connectivity index (χ1n) is 7.95. The highest BCUT2D eigenvalue weighted by Gasteiger charge is 2.22. The van der Waals surface area contributed by atoms with E-state index in [2.05, 4.69) is 15.7 Å². The number of nitrogens with one attached hydrogen (secondary N) is 2. The Labute approximate surface area is 152 Å². The quantitative estimate of drug-likeness (QED) is 0.877. The standard InChI is InChI=1S/C18H23ClN4O2/c1-10-7-12(19)9-13(16(24)20-6)15(10)21-17(25)14-8-11(2)23(22-14)18(3,4)5/h7-9H,1-6H3,(H,20,24)(H,21,25). The number of anilines is 1. The van der Waals surface area contributed by atoms with Crippen molar-refractivity contribution in [1.29, 1.82) is 0 Å². The van der Waals surface area contributed by atoms with E-state index in [0.29, 0.717) is 27.5 Å². The van der Waals surface area contributed by atoms with E-state index in [0.717, 1.165) is 5.69 Å². The van der Waals surface area contributed by atoms with Gasteiger partial charge in [-0.2, -0.15) is 5.10 Å². The van der Waals surface area contributed by atoms with Crippen LogP contribution in [0, 0.1) is 13.8 Å². The average molecular weight is 363 g/mol. The number of carbonyl (C=O) groups excluding carboxylic acids is 2. The molecule has 0 fully saturated rings. The number of aryl methyl sites for hydroxylation is 2. The van der Waals surface area contributed by atoms with Gasteiger partial charge in [0.1, 0.15) is 0 Å². The molecule has 0 unspecified atom stereocenters. The second-order valence-electron chi connectivity index (χ2n) is 6.93. The number of benzene rings is 1. The van der Waals surface area contributed by atoms with Crippen LogP contribution in [0.1, 0.15) is 52.9 Å². The third-order valence-electron chi connectivity index (χ3n) is 3.77. The van der Waals surface area contributed by atoms with Crippen LogP contribution in [0.4, 0.5) is 5.69 Å². The number of hydrogen-bond acceptors (Lipinski definition) is 3. The number of aromatic nitrogens is 2. The van der Waals surface area contributed by atoms with E-state index in [4.69, 9.17) is 11.6 Å². The SMILES string of the molecule is CNC(=O)c1cc(Cl)cc(C)c1NC(=O)c1cc(C)n(C(C)(C)C)n1. The minimum Gasteiger partial charge on any atom is -0.355 e. The van der Waals surface area contributed by atoms with Crippen molar-refractivity contribution in [2.24, 2.45) is 0 Å². The Hall–Kier alpha value is -2.34.